The van der Waals surface area contributed by atoms with Gasteiger partial charge in [-0.05, 0) is 37.5 Å². The monoisotopic (exact) mass is 352 g/mol. The Kier molecular flexibility index (Phi) is 12.4. The number of aliphatic hydroxyl groups is 2. The van der Waals surface area contributed by atoms with Gasteiger partial charge < -0.3 is 19.7 Å². The minimum Gasteiger partial charge on any atom is -0.491 e. The van der Waals surface area contributed by atoms with Crippen molar-refractivity contribution in [2.75, 3.05) is 19.8 Å². The van der Waals surface area contributed by atoms with Gasteiger partial charge in [0.25, 0.3) is 0 Å². The summed E-state index contributed by atoms with van der Waals surface area (Å²) in [5, 5.41) is 18.7. The summed E-state index contributed by atoms with van der Waals surface area (Å²) in [6, 6.07) is 8.12. The number of hydrogen-bond donors (Lipinski definition) is 2. The molecule has 4 heteroatoms. The Labute approximate surface area is 153 Å². The molecule has 0 radical (unpaired) electrons. The van der Waals surface area contributed by atoms with E-state index in [9.17, 15) is 5.11 Å². The van der Waals surface area contributed by atoms with Gasteiger partial charge in [0, 0.05) is 0 Å². The van der Waals surface area contributed by atoms with Crippen LogP contribution in [-0.4, -0.2) is 42.2 Å². The molecule has 0 saturated carbocycles. The first-order valence-corrected chi connectivity index (χ1v) is 9.78. The fourth-order valence-corrected chi connectivity index (χ4v) is 2.61. The van der Waals surface area contributed by atoms with E-state index in [1.54, 1.807) is 6.92 Å². The summed E-state index contributed by atoms with van der Waals surface area (Å²) in [5.41, 5.74) is 1.33. The maximum Gasteiger partial charge on any atom is 0.119 e. The Morgan fingerprint density at radius 1 is 0.920 bits per heavy atom. The van der Waals surface area contributed by atoms with Crippen molar-refractivity contribution >= 4 is 0 Å². The van der Waals surface area contributed by atoms with E-state index in [4.69, 9.17) is 14.6 Å². The zero-order valence-corrected chi connectivity index (χ0v) is 16.0. The molecule has 0 heterocycles. The van der Waals surface area contributed by atoms with Crippen molar-refractivity contribution in [1.29, 1.82) is 0 Å². The Morgan fingerprint density at radius 2 is 1.56 bits per heavy atom. The smallest absolute Gasteiger partial charge is 0.119 e. The average Bonchev–Trinajstić information content (AvgIpc) is 2.64. The van der Waals surface area contributed by atoms with E-state index in [2.05, 4.69) is 19.1 Å². The molecule has 0 bridgehead atoms. The van der Waals surface area contributed by atoms with Crippen LogP contribution in [0.5, 0.6) is 5.75 Å². The van der Waals surface area contributed by atoms with Crippen LogP contribution in [0.1, 0.15) is 64.4 Å². The van der Waals surface area contributed by atoms with E-state index in [0.29, 0.717) is 0 Å². The molecule has 0 saturated heterocycles. The number of hydrogen-bond acceptors (Lipinski definition) is 4. The first kappa shape index (κ1) is 21.9. The lowest BCUT2D eigenvalue weighted by Gasteiger charge is -2.15. The standard InChI is InChI=1S/C21H36O4/c1-3-4-5-6-7-8-9-10-19-11-13-21(14-12-19)25-17-20(23)16-24-18(2)15-22/h11-14,18,20,22-23H,3-10,15-17H2,1-2H3. The highest BCUT2D eigenvalue weighted by atomic mass is 16.5. The quantitative estimate of drug-likeness (QED) is 0.466. The maximum atomic E-state index is 9.80. The fraction of sp³-hybridized carbons (Fsp3) is 0.714. The van der Waals surface area contributed by atoms with E-state index in [-0.39, 0.29) is 25.9 Å². The molecular weight excluding hydrogens is 316 g/mol. The Morgan fingerprint density at radius 3 is 2.20 bits per heavy atom. The molecule has 1 rings (SSSR count). The lowest BCUT2D eigenvalue weighted by molar-refractivity contribution is -0.0354. The molecule has 1 aromatic rings. The van der Waals surface area contributed by atoms with Crippen LogP contribution in [0.3, 0.4) is 0 Å². The summed E-state index contributed by atoms with van der Waals surface area (Å²) < 4.78 is 10.8. The van der Waals surface area contributed by atoms with Gasteiger partial charge in [-0.25, -0.2) is 0 Å². The number of aryl methyl sites for hydroxylation is 1. The molecule has 0 spiro atoms. The van der Waals surface area contributed by atoms with E-state index in [1.165, 1.54) is 50.5 Å². The predicted molar refractivity (Wildman–Crippen MR) is 102 cm³/mol. The molecule has 0 aliphatic heterocycles. The van der Waals surface area contributed by atoms with Crippen molar-refractivity contribution in [2.45, 2.75) is 77.4 Å². The summed E-state index contributed by atoms with van der Waals surface area (Å²) >= 11 is 0. The van der Waals surface area contributed by atoms with Crippen molar-refractivity contribution in [3.8, 4) is 5.75 Å². The van der Waals surface area contributed by atoms with Gasteiger partial charge in [0.05, 0.1) is 19.3 Å². The van der Waals surface area contributed by atoms with Gasteiger partial charge >= 0.3 is 0 Å². The summed E-state index contributed by atoms with van der Waals surface area (Å²) in [7, 11) is 0. The molecular formula is C21H36O4. The van der Waals surface area contributed by atoms with Crippen LogP contribution < -0.4 is 4.74 Å². The first-order chi connectivity index (χ1) is 12.2. The van der Waals surface area contributed by atoms with Crippen molar-refractivity contribution in [2.24, 2.45) is 0 Å². The molecule has 2 unspecified atom stereocenters. The number of benzene rings is 1. The summed E-state index contributed by atoms with van der Waals surface area (Å²) in [6.45, 7) is 4.32. The number of rotatable bonds is 15. The SMILES string of the molecule is CCCCCCCCCc1ccc(OCC(O)COC(C)CO)cc1. The summed E-state index contributed by atoms with van der Waals surface area (Å²) in [4.78, 5) is 0. The van der Waals surface area contributed by atoms with Crippen LogP contribution >= 0.6 is 0 Å². The van der Waals surface area contributed by atoms with Gasteiger partial charge in [-0.2, -0.15) is 0 Å². The molecule has 0 aliphatic rings. The Bertz CT molecular complexity index is 418. The first-order valence-electron chi connectivity index (χ1n) is 9.78. The zero-order valence-electron chi connectivity index (χ0n) is 16.0. The van der Waals surface area contributed by atoms with Crippen LogP contribution in [0, 0.1) is 0 Å². The summed E-state index contributed by atoms with van der Waals surface area (Å²) in [6.07, 6.45) is 9.46. The molecule has 0 aliphatic carbocycles. The molecule has 2 atom stereocenters. The normalized spacial score (nSPS) is 13.6. The molecule has 1 aromatic carbocycles. The van der Waals surface area contributed by atoms with E-state index in [1.807, 2.05) is 12.1 Å². The molecule has 0 amide bonds. The maximum absolute atomic E-state index is 9.80. The predicted octanol–water partition coefficient (Wildman–Crippen LogP) is 4.12. The minimum atomic E-state index is -0.693. The lowest BCUT2D eigenvalue weighted by Crippen LogP contribution is -2.27. The second-order valence-corrected chi connectivity index (χ2v) is 6.81. The van der Waals surface area contributed by atoms with Gasteiger partial charge in [0.2, 0.25) is 0 Å². The molecule has 25 heavy (non-hydrogen) atoms. The lowest BCUT2D eigenvalue weighted by atomic mass is 10.0. The molecule has 2 N–H and O–H groups in total. The van der Waals surface area contributed by atoms with Crippen LogP contribution in [0.15, 0.2) is 24.3 Å². The van der Waals surface area contributed by atoms with Crippen molar-refractivity contribution < 1.29 is 19.7 Å². The second-order valence-electron chi connectivity index (χ2n) is 6.81. The van der Waals surface area contributed by atoms with Crippen molar-refractivity contribution in [3.63, 3.8) is 0 Å². The van der Waals surface area contributed by atoms with Gasteiger partial charge in [-0.3, -0.25) is 0 Å². The number of ether oxygens (including phenoxy) is 2. The topological polar surface area (TPSA) is 58.9 Å². The third kappa shape index (κ3) is 11.2. The van der Waals surface area contributed by atoms with E-state index < -0.39 is 6.10 Å². The van der Waals surface area contributed by atoms with Gasteiger partial charge in [-0.1, -0.05) is 57.6 Å². The third-order valence-corrected chi connectivity index (χ3v) is 4.26. The molecule has 4 nitrogen and oxygen atoms in total. The van der Waals surface area contributed by atoms with E-state index >= 15 is 0 Å². The largest absolute Gasteiger partial charge is 0.491 e. The van der Waals surface area contributed by atoms with Crippen LogP contribution in [0.4, 0.5) is 0 Å². The number of unbranched alkanes of at least 4 members (excludes halogenated alkanes) is 6. The average molecular weight is 353 g/mol. The molecule has 0 fully saturated rings. The van der Waals surface area contributed by atoms with Gasteiger partial charge in [0.15, 0.2) is 0 Å². The summed E-state index contributed by atoms with van der Waals surface area (Å²) in [5.74, 6) is 0.762. The fourth-order valence-electron chi connectivity index (χ4n) is 2.61. The second kappa shape index (κ2) is 14.1. The van der Waals surface area contributed by atoms with E-state index in [0.717, 1.165) is 12.2 Å². The molecule has 0 aromatic heterocycles. The van der Waals surface area contributed by atoms with Gasteiger partial charge in [-0.15, -0.1) is 0 Å². The van der Waals surface area contributed by atoms with Crippen LogP contribution in [0.25, 0.3) is 0 Å². The minimum absolute atomic E-state index is 0.0478. The van der Waals surface area contributed by atoms with Crippen molar-refractivity contribution in [3.05, 3.63) is 29.8 Å². The number of aliphatic hydroxyl groups excluding tert-OH is 2. The highest BCUT2D eigenvalue weighted by Gasteiger charge is 2.08. The van der Waals surface area contributed by atoms with Gasteiger partial charge in [0.1, 0.15) is 18.5 Å². The highest BCUT2D eigenvalue weighted by Crippen LogP contribution is 2.15. The van der Waals surface area contributed by atoms with Crippen LogP contribution in [-0.2, 0) is 11.2 Å². The zero-order chi connectivity index (χ0) is 18.3. The highest BCUT2D eigenvalue weighted by molar-refractivity contribution is 5.27. The van der Waals surface area contributed by atoms with Crippen molar-refractivity contribution in [1.82, 2.24) is 0 Å². The van der Waals surface area contributed by atoms with Crippen LogP contribution in [0.2, 0.25) is 0 Å². The third-order valence-electron chi connectivity index (χ3n) is 4.26. The Hall–Kier alpha value is -1.10. The molecule has 144 valence electrons. The Balaban J connectivity index is 2.14.